The van der Waals surface area contributed by atoms with Crippen molar-refractivity contribution >= 4 is 33.2 Å². The second-order valence-corrected chi connectivity index (χ2v) is 7.90. The fraction of sp³-hybridized carbons (Fsp3) is 0.111. The number of imidazole rings is 1. The van der Waals surface area contributed by atoms with E-state index >= 15 is 0 Å². The van der Waals surface area contributed by atoms with Crippen molar-refractivity contribution in [1.82, 2.24) is 19.4 Å². The molecular formula is C18H17ClN4O3S. The first-order valence-corrected chi connectivity index (χ1v) is 9.87. The minimum Gasteiger partial charge on any atom is -0.346 e. The standard InChI is InChI=1S/C18H17ClN4O3S/c1-2-8-21-27(25,26)16-5-3-4-13(9-16)18(24)20-10-15-12-23-11-14(19)6-7-17(23)22-15/h2-7,9,11-12,21H,1,8,10H2,(H,20,24). The monoisotopic (exact) mass is 404 g/mol. The minimum absolute atomic E-state index is 0.0133. The quantitative estimate of drug-likeness (QED) is 0.591. The highest BCUT2D eigenvalue weighted by atomic mass is 35.5. The van der Waals surface area contributed by atoms with Gasteiger partial charge < -0.3 is 9.72 Å². The third-order valence-corrected chi connectivity index (χ3v) is 5.36. The Morgan fingerprint density at radius 1 is 1.26 bits per heavy atom. The second-order valence-electron chi connectivity index (χ2n) is 5.70. The van der Waals surface area contributed by atoms with Crippen molar-refractivity contribution < 1.29 is 13.2 Å². The summed E-state index contributed by atoms with van der Waals surface area (Å²) in [5.41, 5.74) is 1.61. The fourth-order valence-electron chi connectivity index (χ4n) is 2.43. The van der Waals surface area contributed by atoms with E-state index in [4.69, 9.17) is 11.6 Å². The largest absolute Gasteiger partial charge is 0.346 e. The number of halogens is 1. The van der Waals surface area contributed by atoms with Gasteiger partial charge in [-0.3, -0.25) is 4.79 Å². The van der Waals surface area contributed by atoms with Crippen LogP contribution in [0.5, 0.6) is 0 Å². The van der Waals surface area contributed by atoms with Crippen molar-refractivity contribution in [1.29, 1.82) is 0 Å². The van der Waals surface area contributed by atoms with Gasteiger partial charge in [-0.2, -0.15) is 0 Å². The highest BCUT2D eigenvalue weighted by Crippen LogP contribution is 2.13. The highest BCUT2D eigenvalue weighted by Gasteiger charge is 2.15. The number of pyridine rings is 1. The molecule has 0 aliphatic carbocycles. The van der Waals surface area contributed by atoms with Crippen LogP contribution in [-0.2, 0) is 16.6 Å². The topological polar surface area (TPSA) is 92.6 Å². The van der Waals surface area contributed by atoms with Crippen molar-refractivity contribution in [3.05, 3.63) is 77.7 Å². The molecule has 0 saturated carbocycles. The molecule has 27 heavy (non-hydrogen) atoms. The van der Waals surface area contributed by atoms with E-state index in [1.165, 1.54) is 24.3 Å². The Morgan fingerprint density at radius 2 is 2.07 bits per heavy atom. The number of benzene rings is 1. The predicted octanol–water partition coefficient (Wildman–Crippen LogP) is 2.38. The summed E-state index contributed by atoms with van der Waals surface area (Å²) in [5, 5.41) is 3.32. The molecule has 0 radical (unpaired) electrons. The molecule has 1 aromatic carbocycles. The van der Waals surface area contributed by atoms with Crippen molar-refractivity contribution in [3.63, 3.8) is 0 Å². The highest BCUT2D eigenvalue weighted by molar-refractivity contribution is 7.89. The zero-order valence-corrected chi connectivity index (χ0v) is 15.8. The number of fused-ring (bicyclic) bond motifs is 1. The maximum absolute atomic E-state index is 12.4. The van der Waals surface area contributed by atoms with Crippen LogP contribution < -0.4 is 10.0 Å². The summed E-state index contributed by atoms with van der Waals surface area (Å²) in [6.45, 7) is 3.78. The summed E-state index contributed by atoms with van der Waals surface area (Å²) < 4.78 is 28.4. The number of carbonyl (C=O) groups excluding carboxylic acids is 1. The number of nitrogens with zero attached hydrogens (tertiary/aromatic N) is 2. The van der Waals surface area contributed by atoms with Crippen molar-refractivity contribution in [2.24, 2.45) is 0 Å². The van der Waals surface area contributed by atoms with E-state index in [9.17, 15) is 13.2 Å². The van der Waals surface area contributed by atoms with E-state index in [0.29, 0.717) is 16.4 Å². The van der Waals surface area contributed by atoms with E-state index in [-0.39, 0.29) is 23.5 Å². The summed E-state index contributed by atoms with van der Waals surface area (Å²) >= 11 is 5.94. The molecule has 0 aliphatic rings. The van der Waals surface area contributed by atoms with Crippen molar-refractivity contribution in [2.45, 2.75) is 11.4 Å². The zero-order valence-electron chi connectivity index (χ0n) is 14.2. The number of nitrogens with one attached hydrogen (secondary N) is 2. The second kappa shape index (κ2) is 7.91. The lowest BCUT2D eigenvalue weighted by Crippen LogP contribution is -2.25. The van der Waals surface area contributed by atoms with E-state index in [0.717, 1.165) is 0 Å². The third-order valence-electron chi connectivity index (χ3n) is 3.72. The van der Waals surface area contributed by atoms with Crippen LogP contribution in [0.15, 0.2) is 66.3 Å². The average molecular weight is 405 g/mol. The molecule has 0 unspecified atom stereocenters. The molecule has 3 rings (SSSR count). The van der Waals surface area contributed by atoms with Crippen LogP contribution in [0.3, 0.4) is 0 Å². The number of hydrogen-bond donors (Lipinski definition) is 2. The average Bonchev–Trinajstić information content (AvgIpc) is 3.06. The van der Waals surface area contributed by atoms with E-state index in [2.05, 4.69) is 21.6 Å². The van der Waals surface area contributed by atoms with Gasteiger partial charge in [0.05, 0.1) is 22.2 Å². The van der Waals surface area contributed by atoms with Crippen LogP contribution in [0.4, 0.5) is 0 Å². The molecule has 3 aromatic rings. The summed E-state index contributed by atoms with van der Waals surface area (Å²) in [4.78, 5) is 16.8. The van der Waals surface area contributed by atoms with Crippen molar-refractivity contribution in [3.8, 4) is 0 Å². The van der Waals surface area contributed by atoms with Gasteiger partial charge in [0.25, 0.3) is 5.91 Å². The van der Waals surface area contributed by atoms with Gasteiger partial charge in [0.15, 0.2) is 0 Å². The van der Waals surface area contributed by atoms with Gasteiger partial charge in [0.2, 0.25) is 10.0 Å². The van der Waals surface area contributed by atoms with Gasteiger partial charge in [-0.15, -0.1) is 6.58 Å². The molecule has 1 amide bonds. The first-order valence-electron chi connectivity index (χ1n) is 8.01. The van der Waals surface area contributed by atoms with Crippen LogP contribution >= 0.6 is 11.6 Å². The summed E-state index contributed by atoms with van der Waals surface area (Å²) in [5.74, 6) is -0.397. The Labute approximate surface area is 161 Å². The molecule has 9 heteroatoms. The SMILES string of the molecule is C=CCNS(=O)(=O)c1cccc(C(=O)NCc2cn3cc(Cl)ccc3n2)c1. The lowest BCUT2D eigenvalue weighted by Gasteiger charge is -2.07. The Hall–Kier alpha value is -2.68. The number of amides is 1. The first kappa shape index (κ1) is 19.1. The van der Waals surface area contributed by atoms with Crippen LogP contribution in [0.2, 0.25) is 5.02 Å². The number of aromatic nitrogens is 2. The van der Waals surface area contributed by atoms with E-state index in [1.807, 2.05) is 0 Å². The van der Waals surface area contributed by atoms with E-state index < -0.39 is 15.9 Å². The molecule has 140 valence electrons. The predicted molar refractivity (Wildman–Crippen MR) is 103 cm³/mol. The van der Waals surface area contributed by atoms with Gasteiger partial charge in [0, 0.05) is 24.5 Å². The van der Waals surface area contributed by atoms with Crippen LogP contribution in [-0.4, -0.2) is 30.3 Å². The number of sulfonamides is 1. The Kier molecular flexibility index (Phi) is 5.59. The Morgan fingerprint density at radius 3 is 2.85 bits per heavy atom. The molecule has 2 N–H and O–H groups in total. The molecule has 2 aromatic heterocycles. The molecule has 0 spiro atoms. The van der Waals surface area contributed by atoms with E-state index in [1.54, 1.807) is 35.0 Å². The zero-order chi connectivity index (χ0) is 19.4. The molecule has 0 bridgehead atoms. The number of rotatable bonds is 7. The smallest absolute Gasteiger partial charge is 0.251 e. The van der Waals surface area contributed by atoms with Gasteiger partial charge in [-0.1, -0.05) is 23.7 Å². The van der Waals surface area contributed by atoms with Crippen LogP contribution in [0.25, 0.3) is 5.65 Å². The van der Waals surface area contributed by atoms with Gasteiger partial charge in [-0.05, 0) is 30.3 Å². The van der Waals surface area contributed by atoms with Crippen LogP contribution in [0, 0.1) is 0 Å². The number of carbonyl (C=O) groups is 1. The molecule has 7 nitrogen and oxygen atoms in total. The fourth-order valence-corrected chi connectivity index (χ4v) is 3.64. The molecular weight excluding hydrogens is 388 g/mol. The maximum atomic E-state index is 12.4. The normalized spacial score (nSPS) is 11.4. The minimum atomic E-state index is -3.70. The lowest BCUT2D eigenvalue weighted by molar-refractivity contribution is 0.0950. The van der Waals surface area contributed by atoms with Gasteiger partial charge in [0.1, 0.15) is 5.65 Å². The Balaban J connectivity index is 1.72. The summed E-state index contributed by atoms with van der Waals surface area (Å²) in [6.07, 6.45) is 4.93. The third kappa shape index (κ3) is 4.54. The Bertz CT molecular complexity index is 1110. The molecule has 2 heterocycles. The molecule has 0 fully saturated rings. The number of hydrogen-bond acceptors (Lipinski definition) is 4. The van der Waals surface area contributed by atoms with Crippen LogP contribution in [0.1, 0.15) is 16.1 Å². The molecule has 0 aliphatic heterocycles. The maximum Gasteiger partial charge on any atom is 0.251 e. The summed E-state index contributed by atoms with van der Waals surface area (Å²) in [7, 11) is -3.70. The summed E-state index contributed by atoms with van der Waals surface area (Å²) in [6, 6.07) is 9.32. The van der Waals surface area contributed by atoms with Crippen molar-refractivity contribution in [2.75, 3.05) is 6.54 Å². The van der Waals surface area contributed by atoms with Gasteiger partial charge in [-0.25, -0.2) is 18.1 Å². The van der Waals surface area contributed by atoms with Gasteiger partial charge >= 0.3 is 0 Å². The molecule has 0 saturated heterocycles. The first-order chi connectivity index (χ1) is 12.9. The lowest BCUT2D eigenvalue weighted by atomic mass is 10.2. The molecule has 0 atom stereocenters.